The average Bonchev–Trinajstić information content (AvgIpc) is 2.77. The number of unbranched alkanes of at least 4 members (excludes halogenated alkanes) is 1. The monoisotopic (exact) mass is 290 g/mol. The molecule has 18 heavy (non-hydrogen) atoms. The first-order valence-electron chi connectivity index (χ1n) is 5.82. The first-order valence-corrected chi connectivity index (χ1v) is 8.09. The summed E-state index contributed by atoms with van der Waals surface area (Å²) in [7, 11) is 0. The number of carbonyl (C=O) groups is 1. The number of aromatic nitrogens is 2. The SMILES string of the molecule is CCCCOC(=O)C(C)Sc1nnc(CSC)o1. The van der Waals surface area contributed by atoms with E-state index in [4.69, 9.17) is 9.15 Å². The number of hydrogen-bond acceptors (Lipinski definition) is 7. The Kier molecular flexibility index (Phi) is 7.19. The van der Waals surface area contributed by atoms with Crippen molar-refractivity contribution in [2.45, 2.75) is 42.9 Å². The largest absolute Gasteiger partial charge is 0.465 e. The maximum Gasteiger partial charge on any atom is 0.319 e. The van der Waals surface area contributed by atoms with E-state index >= 15 is 0 Å². The minimum Gasteiger partial charge on any atom is -0.465 e. The van der Waals surface area contributed by atoms with Gasteiger partial charge in [-0.15, -0.1) is 10.2 Å². The Morgan fingerprint density at radius 1 is 1.50 bits per heavy atom. The number of esters is 1. The normalized spacial score (nSPS) is 12.4. The van der Waals surface area contributed by atoms with Gasteiger partial charge in [0.15, 0.2) is 0 Å². The molecule has 7 heteroatoms. The third-order valence-corrected chi connectivity index (χ3v) is 3.52. The number of hydrogen-bond donors (Lipinski definition) is 0. The minimum atomic E-state index is -0.329. The molecule has 0 radical (unpaired) electrons. The molecule has 0 aromatic carbocycles. The summed E-state index contributed by atoms with van der Waals surface area (Å²) in [5.74, 6) is 1.03. The lowest BCUT2D eigenvalue weighted by atomic mass is 10.4. The van der Waals surface area contributed by atoms with Gasteiger partial charge in [-0.25, -0.2) is 0 Å². The van der Waals surface area contributed by atoms with Gasteiger partial charge in [-0.1, -0.05) is 25.1 Å². The lowest BCUT2D eigenvalue weighted by Crippen LogP contribution is -2.17. The maximum absolute atomic E-state index is 11.6. The second-order valence-electron chi connectivity index (χ2n) is 3.68. The molecular formula is C11H18N2O3S2. The summed E-state index contributed by atoms with van der Waals surface area (Å²) in [6.45, 7) is 4.30. The molecule has 0 N–H and O–H groups in total. The van der Waals surface area contributed by atoms with Gasteiger partial charge in [0, 0.05) is 0 Å². The summed E-state index contributed by atoms with van der Waals surface area (Å²) < 4.78 is 10.5. The van der Waals surface area contributed by atoms with E-state index in [2.05, 4.69) is 17.1 Å². The fourth-order valence-corrected chi connectivity index (χ4v) is 2.16. The quantitative estimate of drug-likeness (QED) is 0.414. The Morgan fingerprint density at radius 2 is 2.28 bits per heavy atom. The second-order valence-corrected chi connectivity index (χ2v) is 5.83. The Hall–Kier alpha value is -0.690. The van der Waals surface area contributed by atoms with Crippen LogP contribution in [0.4, 0.5) is 0 Å². The topological polar surface area (TPSA) is 65.2 Å². The Balaban J connectivity index is 2.37. The van der Waals surface area contributed by atoms with Crippen LogP contribution in [0, 0.1) is 0 Å². The highest BCUT2D eigenvalue weighted by Crippen LogP contribution is 2.23. The van der Waals surface area contributed by atoms with Crippen molar-refractivity contribution in [3.63, 3.8) is 0 Å². The smallest absolute Gasteiger partial charge is 0.319 e. The van der Waals surface area contributed by atoms with Gasteiger partial charge in [0.05, 0.1) is 12.4 Å². The molecule has 0 bridgehead atoms. The highest BCUT2D eigenvalue weighted by atomic mass is 32.2. The minimum absolute atomic E-state index is 0.238. The lowest BCUT2D eigenvalue weighted by Gasteiger charge is -2.08. The van der Waals surface area contributed by atoms with Gasteiger partial charge in [0.25, 0.3) is 5.22 Å². The molecule has 1 aromatic rings. The molecule has 1 rings (SSSR count). The van der Waals surface area contributed by atoms with E-state index in [9.17, 15) is 4.79 Å². The predicted molar refractivity (Wildman–Crippen MR) is 72.7 cm³/mol. The van der Waals surface area contributed by atoms with E-state index in [0.717, 1.165) is 12.8 Å². The van der Waals surface area contributed by atoms with Gasteiger partial charge in [-0.2, -0.15) is 11.8 Å². The third kappa shape index (κ3) is 5.30. The molecule has 0 aliphatic carbocycles. The van der Waals surface area contributed by atoms with Crippen molar-refractivity contribution < 1.29 is 13.9 Å². The van der Waals surface area contributed by atoms with Gasteiger partial charge in [-0.3, -0.25) is 4.79 Å². The predicted octanol–water partition coefficient (Wildman–Crippen LogP) is 2.76. The van der Waals surface area contributed by atoms with Crippen LogP contribution in [0.5, 0.6) is 0 Å². The Labute approximate surface area is 115 Å². The number of nitrogens with zero attached hydrogens (tertiary/aromatic N) is 2. The third-order valence-electron chi connectivity index (χ3n) is 2.07. The standard InChI is InChI=1S/C11H18N2O3S2/c1-4-5-6-15-10(14)8(2)18-11-13-12-9(16-11)7-17-3/h8H,4-7H2,1-3H3. The van der Waals surface area contributed by atoms with Crippen molar-refractivity contribution >= 4 is 29.5 Å². The van der Waals surface area contributed by atoms with Crippen LogP contribution in [0.25, 0.3) is 0 Å². The van der Waals surface area contributed by atoms with Gasteiger partial charge in [-0.05, 0) is 19.6 Å². The molecule has 0 aliphatic heterocycles. The van der Waals surface area contributed by atoms with Crippen molar-refractivity contribution in [1.82, 2.24) is 10.2 Å². The zero-order valence-corrected chi connectivity index (χ0v) is 12.5. The summed E-state index contributed by atoms with van der Waals surface area (Å²) in [5.41, 5.74) is 0. The van der Waals surface area contributed by atoms with Gasteiger partial charge >= 0.3 is 5.97 Å². The van der Waals surface area contributed by atoms with E-state index in [1.165, 1.54) is 11.8 Å². The van der Waals surface area contributed by atoms with E-state index in [1.54, 1.807) is 18.7 Å². The van der Waals surface area contributed by atoms with Crippen molar-refractivity contribution in [2.24, 2.45) is 0 Å². The highest BCUT2D eigenvalue weighted by molar-refractivity contribution is 8.00. The average molecular weight is 290 g/mol. The summed E-state index contributed by atoms with van der Waals surface area (Å²) >= 11 is 2.84. The van der Waals surface area contributed by atoms with Crippen molar-refractivity contribution in [2.75, 3.05) is 12.9 Å². The van der Waals surface area contributed by atoms with Crippen molar-refractivity contribution in [3.8, 4) is 0 Å². The van der Waals surface area contributed by atoms with Crippen LogP contribution in [-0.2, 0) is 15.3 Å². The van der Waals surface area contributed by atoms with Crippen LogP contribution in [0.2, 0.25) is 0 Å². The van der Waals surface area contributed by atoms with Crippen LogP contribution in [0.1, 0.15) is 32.6 Å². The molecule has 0 aliphatic rings. The molecule has 1 heterocycles. The van der Waals surface area contributed by atoms with E-state index < -0.39 is 0 Å². The van der Waals surface area contributed by atoms with Crippen LogP contribution in [-0.4, -0.2) is 34.3 Å². The van der Waals surface area contributed by atoms with Crippen LogP contribution < -0.4 is 0 Å². The number of thioether (sulfide) groups is 2. The molecule has 0 spiro atoms. The maximum atomic E-state index is 11.6. The lowest BCUT2D eigenvalue weighted by molar-refractivity contribution is -0.142. The Morgan fingerprint density at radius 3 is 2.94 bits per heavy atom. The molecule has 102 valence electrons. The van der Waals surface area contributed by atoms with Gasteiger partial charge < -0.3 is 9.15 Å². The van der Waals surface area contributed by atoms with E-state index in [1.807, 2.05) is 6.26 Å². The zero-order chi connectivity index (χ0) is 13.4. The number of rotatable bonds is 8. The van der Waals surface area contributed by atoms with Crippen molar-refractivity contribution in [3.05, 3.63) is 5.89 Å². The molecule has 0 saturated carbocycles. The molecule has 1 atom stereocenters. The molecule has 1 aromatic heterocycles. The first kappa shape index (κ1) is 15.4. The summed E-state index contributed by atoms with van der Waals surface area (Å²) in [4.78, 5) is 11.6. The van der Waals surface area contributed by atoms with Crippen LogP contribution in [0.3, 0.4) is 0 Å². The molecule has 1 unspecified atom stereocenters. The molecular weight excluding hydrogens is 272 g/mol. The second kappa shape index (κ2) is 8.42. The van der Waals surface area contributed by atoms with E-state index in [-0.39, 0.29) is 11.2 Å². The van der Waals surface area contributed by atoms with E-state index in [0.29, 0.717) is 23.5 Å². The first-order chi connectivity index (χ1) is 8.67. The summed E-state index contributed by atoms with van der Waals surface area (Å²) in [6, 6.07) is 0. The highest BCUT2D eigenvalue weighted by Gasteiger charge is 2.19. The summed E-state index contributed by atoms with van der Waals surface area (Å²) in [5, 5.41) is 7.85. The number of ether oxygens (including phenoxy) is 1. The van der Waals surface area contributed by atoms with Crippen LogP contribution in [0.15, 0.2) is 9.64 Å². The molecule has 0 amide bonds. The van der Waals surface area contributed by atoms with Gasteiger partial charge in [0.2, 0.25) is 5.89 Å². The molecule has 0 fully saturated rings. The van der Waals surface area contributed by atoms with Crippen molar-refractivity contribution in [1.29, 1.82) is 0 Å². The van der Waals surface area contributed by atoms with Gasteiger partial charge in [0.1, 0.15) is 5.25 Å². The zero-order valence-electron chi connectivity index (χ0n) is 10.8. The molecule has 5 nitrogen and oxygen atoms in total. The number of carbonyl (C=O) groups excluding carboxylic acids is 1. The molecule has 0 saturated heterocycles. The summed E-state index contributed by atoms with van der Waals surface area (Å²) in [6.07, 6.45) is 3.86. The fourth-order valence-electron chi connectivity index (χ4n) is 1.10. The van der Waals surface area contributed by atoms with Crippen LogP contribution >= 0.6 is 23.5 Å². The fraction of sp³-hybridized carbons (Fsp3) is 0.727. The Bertz CT molecular complexity index is 371.